The number of hydrogen-bond acceptors (Lipinski definition) is 14. The van der Waals surface area contributed by atoms with Crippen LogP contribution in [0.1, 0.15) is 28.5 Å². The smallest absolute Gasteiger partial charge is 0.254 e. The molecule has 0 bridgehead atoms. The molecule has 0 saturated carbocycles. The molecule has 1 unspecified atom stereocenters. The number of phenolic OH excluding ortho intramolecular Hbond substituents is 4. The summed E-state index contributed by atoms with van der Waals surface area (Å²) in [5, 5.41) is 88.8. The van der Waals surface area contributed by atoms with Crippen molar-refractivity contribution in [2.75, 3.05) is 24.7 Å². The summed E-state index contributed by atoms with van der Waals surface area (Å²) in [5.41, 5.74) is 5.59. The second-order valence-corrected chi connectivity index (χ2v) is 9.31. The molecule has 1 amide bonds. The summed E-state index contributed by atoms with van der Waals surface area (Å²) >= 11 is 1.21. The lowest BCUT2D eigenvalue weighted by atomic mass is 9.96. The van der Waals surface area contributed by atoms with Gasteiger partial charge in [0.2, 0.25) is 23.2 Å². The third-order valence-corrected chi connectivity index (χ3v) is 6.41. The summed E-state index contributed by atoms with van der Waals surface area (Å²) in [6.45, 7) is 0.327. The number of aromatic hydroxyl groups is 4. The number of ether oxygens (including phenoxy) is 1. The average Bonchev–Trinajstić information content (AvgIpc) is 3.27. The number of aliphatic hydroxyl groups is 4. The lowest BCUT2D eigenvalue weighted by Crippen LogP contribution is -2.55. The van der Waals surface area contributed by atoms with E-state index in [0.29, 0.717) is 16.5 Å². The van der Waals surface area contributed by atoms with Crippen molar-refractivity contribution < 1.29 is 50.4 Å². The summed E-state index contributed by atoms with van der Waals surface area (Å²) < 4.78 is 5.04. The van der Waals surface area contributed by atoms with Crippen LogP contribution in [0.15, 0.2) is 29.6 Å². The highest BCUT2D eigenvalue weighted by molar-refractivity contribution is 7.13. The molecule has 0 spiro atoms. The summed E-state index contributed by atoms with van der Waals surface area (Å²) in [6.07, 6.45) is -1.90. The van der Waals surface area contributed by atoms with Crippen LogP contribution in [0, 0.1) is 6.92 Å². The molecule has 2 aromatic carbocycles. The van der Waals surface area contributed by atoms with Gasteiger partial charge < -0.3 is 56.6 Å². The number of nitrogens with two attached hydrogens (primary N) is 1. The Hall–Kier alpha value is -3.70. The number of rotatable bonds is 10. The first-order valence-corrected chi connectivity index (χ1v) is 11.8. The topological polar surface area (TPSA) is 251 Å². The lowest BCUT2D eigenvalue weighted by molar-refractivity contribution is -0.271. The molecule has 206 valence electrons. The van der Waals surface area contributed by atoms with E-state index in [2.05, 4.69) is 15.6 Å². The minimum absolute atomic E-state index is 0.00926. The Morgan fingerprint density at radius 2 is 1.66 bits per heavy atom. The van der Waals surface area contributed by atoms with E-state index in [4.69, 9.17) is 10.5 Å². The van der Waals surface area contributed by atoms with Crippen molar-refractivity contribution >= 4 is 28.1 Å². The molecule has 3 aromatic rings. The van der Waals surface area contributed by atoms with Crippen LogP contribution in [0.4, 0.5) is 10.8 Å². The van der Waals surface area contributed by atoms with Gasteiger partial charge in [0.1, 0.15) is 0 Å². The van der Waals surface area contributed by atoms with Crippen molar-refractivity contribution in [3.63, 3.8) is 0 Å². The Kier molecular flexibility index (Phi) is 8.33. The maximum absolute atomic E-state index is 12.2. The van der Waals surface area contributed by atoms with Gasteiger partial charge >= 0.3 is 0 Å². The molecule has 3 rings (SSSR count). The Balaban J connectivity index is 1.71. The zero-order valence-electron chi connectivity index (χ0n) is 20.2. The number of anilines is 2. The quantitative estimate of drug-likeness (QED) is 0.0886. The van der Waals surface area contributed by atoms with E-state index in [1.54, 1.807) is 5.38 Å². The monoisotopic (exact) mass is 552 g/mol. The Bertz CT molecular complexity index is 1280. The van der Waals surface area contributed by atoms with Gasteiger partial charge in [-0.05, 0) is 19.1 Å². The summed E-state index contributed by atoms with van der Waals surface area (Å²) in [6, 6.07) is 5.37. The number of aromatic nitrogens is 1. The van der Waals surface area contributed by atoms with Crippen molar-refractivity contribution in [1.29, 1.82) is 0 Å². The average molecular weight is 553 g/mol. The molecule has 12 N–H and O–H groups in total. The number of benzene rings is 2. The molecule has 0 saturated heterocycles. The summed E-state index contributed by atoms with van der Waals surface area (Å²) in [5.74, 6) is -10.1. The van der Waals surface area contributed by atoms with Crippen LogP contribution in [0.25, 0.3) is 0 Å². The maximum Gasteiger partial charge on any atom is 0.254 e. The van der Waals surface area contributed by atoms with Crippen molar-refractivity contribution in [3.8, 4) is 23.0 Å². The SMILES string of the molecule is COC(c1c(C)c(O)c(O)c(O)c1O)C(O)(O)NCC(O)(O)c1ccc(NC(=O)Cc2csc(N)n2)cc1. The van der Waals surface area contributed by atoms with E-state index in [9.17, 15) is 45.6 Å². The van der Waals surface area contributed by atoms with Gasteiger partial charge in [0.25, 0.3) is 5.91 Å². The van der Waals surface area contributed by atoms with Gasteiger partial charge in [-0.25, -0.2) is 4.98 Å². The molecule has 0 aliphatic carbocycles. The van der Waals surface area contributed by atoms with Gasteiger partial charge in [-0.15, -0.1) is 11.3 Å². The molecule has 1 atom stereocenters. The maximum atomic E-state index is 12.2. The molecule has 1 heterocycles. The van der Waals surface area contributed by atoms with E-state index in [0.717, 1.165) is 7.11 Å². The number of methoxy groups -OCH3 is 1. The summed E-state index contributed by atoms with van der Waals surface area (Å²) in [7, 11) is 1.02. The molecule has 38 heavy (non-hydrogen) atoms. The Labute approximate surface area is 219 Å². The first-order chi connectivity index (χ1) is 17.7. The number of phenols is 4. The van der Waals surface area contributed by atoms with E-state index < -0.39 is 52.9 Å². The second kappa shape index (κ2) is 11.0. The van der Waals surface area contributed by atoms with Crippen molar-refractivity contribution in [1.82, 2.24) is 10.3 Å². The largest absolute Gasteiger partial charge is 0.504 e. The number of amides is 1. The number of nitrogen functional groups attached to an aromatic ring is 1. The fourth-order valence-corrected chi connectivity index (χ4v) is 4.24. The molecular formula is C23H28N4O10S. The van der Waals surface area contributed by atoms with Crippen LogP contribution in [-0.4, -0.2) is 71.3 Å². The minimum Gasteiger partial charge on any atom is -0.504 e. The standard InChI is InChI=1S/C23H28N4O10S/c1-10-15(17(30)19(32)18(31)16(10)29)20(37-2)23(35,36)25-9-22(33,34)11-3-5-12(6-4-11)26-14(28)7-13-8-38-21(24)27-13/h3-6,8,20,25,29-36H,7,9H2,1-2H3,(H2,24,27)(H,26,28). The third kappa shape index (κ3) is 6.05. The molecular weight excluding hydrogens is 524 g/mol. The van der Waals surface area contributed by atoms with E-state index in [1.165, 1.54) is 42.5 Å². The fourth-order valence-electron chi connectivity index (χ4n) is 3.68. The van der Waals surface area contributed by atoms with E-state index in [-0.39, 0.29) is 23.5 Å². The number of carbonyl (C=O) groups is 1. The molecule has 15 heteroatoms. The number of thiazole rings is 1. The number of carbonyl (C=O) groups excluding carboxylic acids is 1. The van der Waals surface area contributed by atoms with Crippen LogP contribution in [0.5, 0.6) is 23.0 Å². The van der Waals surface area contributed by atoms with Gasteiger partial charge in [0, 0.05) is 34.9 Å². The highest BCUT2D eigenvalue weighted by atomic mass is 32.1. The highest BCUT2D eigenvalue weighted by Gasteiger charge is 2.42. The number of hydrogen-bond donors (Lipinski definition) is 11. The Morgan fingerprint density at radius 1 is 1.05 bits per heavy atom. The molecule has 0 radical (unpaired) electrons. The van der Waals surface area contributed by atoms with Crippen molar-refractivity contribution in [2.24, 2.45) is 0 Å². The molecule has 0 fully saturated rings. The van der Waals surface area contributed by atoms with Gasteiger partial charge in [-0.1, -0.05) is 12.1 Å². The van der Waals surface area contributed by atoms with E-state index in [1.807, 2.05) is 0 Å². The van der Waals surface area contributed by atoms with Crippen LogP contribution in [0.2, 0.25) is 0 Å². The molecule has 1 aromatic heterocycles. The number of nitrogens with zero attached hydrogens (tertiary/aromatic N) is 1. The molecule has 14 nitrogen and oxygen atoms in total. The van der Waals surface area contributed by atoms with Gasteiger partial charge in [-0.2, -0.15) is 0 Å². The zero-order chi connectivity index (χ0) is 28.4. The fraction of sp³-hybridized carbons (Fsp3) is 0.304. The zero-order valence-corrected chi connectivity index (χ0v) is 21.0. The van der Waals surface area contributed by atoms with Gasteiger partial charge in [0.15, 0.2) is 22.7 Å². The number of nitrogens with one attached hydrogen (secondary N) is 2. The van der Waals surface area contributed by atoms with E-state index >= 15 is 0 Å². The highest BCUT2D eigenvalue weighted by Crippen LogP contribution is 2.50. The normalized spacial score (nSPS) is 12.9. The van der Waals surface area contributed by atoms with Gasteiger partial charge in [-0.3, -0.25) is 10.1 Å². The predicted molar refractivity (Wildman–Crippen MR) is 134 cm³/mol. The van der Waals surface area contributed by atoms with Gasteiger partial charge in [0.05, 0.1) is 18.7 Å². The predicted octanol–water partition coefficient (Wildman–Crippen LogP) is -0.210. The van der Waals surface area contributed by atoms with Crippen LogP contribution >= 0.6 is 11.3 Å². The third-order valence-electron chi connectivity index (χ3n) is 5.69. The summed E-state index contributed by atoms with van der Waals surface area (Å²) in [4.78, 5) is 16.2. The molecule has 0 aliphatic heterocycles. The first-order valence-electron chi connectivity index (χ1n) is 10.9. The van der Waals surface area contributed by atoms with Crippen molar-refractivity contribution in [2.45, 2.75) is 31.1 Å². The molecule has 0 aliphatic rings. The van der Waals surface area contributed by atoms with Crippen LogP contribution in [0.3, 0.4) is 0 Å². The lowest BCUT2D eigenvalue weighted by Gasteiger charge is -2.35. The first kappa shape index (κ1) is 28.9. The second-order valence-electron chi connectivity index (χ2n) is 8.42. The van der Waals surface area contributed by atoms with Crippen LogP contribution in [-0.2, 0) is 21.7 Å². The van der Waals surface area contributed by atoms with Crippen LogP contribution < -0.4 is 16.4 Å². The van der Waals surface area contributed by atoms with Crippen molar-refractivity contribution in [3.05, 3.63) is 52.0 Å². The minimum atomic E-state index is -3.09. The Morgan fingerprint density at radius 3 is 2.21 bits per heavy atom.